The van der Waals surface area contributed by atoms with Crippen LogP contribution in [0.5, 0.6) is 5.75 Å². The molecule has 1 aromatic carbocycles. The zero-order valence-corrected chi connectivity index (χ0v) is 11.5. The highest BCUT2D eigenvalue weighted by atomic mass is 32.1. The summed E-state index contributed by atoms with van der Waals surface area (Å²) in [6.07, 6.45) is 1.95. The molecule has 0 atom stereocenters. The Balaban J connectivity index is 2.01. The highest BCUT2D eigenvalue weighted by molar-refractivity contribution is 7.11. The molecule has 0 aliphatic rings. The molecule has 0 saturated heterocycles. The standard InChI is InChI=1S/C15H19NOS/c1-2-13-7-8-14(18-13)11-17-15-6-4-3-5-12(15)9-10-16/h3-8H,2,9-11,16H2,1H3. The molecule has 2 N–H and O–H groups in total. The van der Waals surface area contributed by atoms with Crippen molar-refractivity contribution in [2.45, 2.75) is 26.4 Å². The van der Waals surface area contributed by atoms with Crippen LogP contribution >= 0.6 is 11.3 Å². The van der Waals surface area contributed by atoms with E-state index in [-0.39, 0.29) is 0 Å². The van der Waals surface area contributed by atoms with Crippen LogP contribution in [0.3, 0.4) is 0 Å². The Kier molecular flexibility index (Phi) is 4.79. The number of hydrogen-bond acceptors (Lipinski definition) is 3. The maximum absolute atomic E-state index is 5.89. The number of aryl methyl sites for hydroxylation is 1. The van der Waals surface area contributed by atoms with Gasteiger partial charge in [0.2, 0.25) is 0 Å². The molecule has 1 aromatic heterocycles. The van der Waals surface area contributed by atoms with Gasteiger partial charge in [-0.15, -0.1) is 11.3 Å². The van der Waals surface area contributed by atoms with Gasteiger partial charge in [0.15, 0.2) is 0 Å². The van der Waals surface area contributed by atoms with Crippen molar-refractivity contribution in [2.24, 2.45) is 5.73 Å². The fraction of sp³-hybridized carbons (Fsp3) is 0.333. The molecule has 2 aromatic rings. The Bertz CT molecular complexity index is 493. The van der Waals surface area contributed by atoms with Gasteiger partial charge in [0, 0.05) is 9.75 Å². The van der Waals surface area contributed by atoms with Gasteiger partial charge in [-0.25, -0.2) is 0 Å². The summed E-state index contributed by atoms with van der Waals surface area (Å²) >= 11 is 1.82. The molecule has 0 bridgehead atoms. The average molecular weight is 261 g/mol. The summed E-state index contributed by atoms with van der Waals surface area (Å²) in [6.45, 7) is 3.47. The van der Waals surface area contributed by atoms with E-state index >= 15 is 0 Å². The van der Waals surface area contributed by atoms with Gasteiger partial charge >= 0.3 is 0 Å². The molecule has 96 valence electrons. The maximum Gasteiger partial charge on any atom is 0.123 e. The number of nitrogens with two attached hydrogens (primary N) is 1. The van der Waals surface area contributed by atoms with Crippen LogP contribution in [0.4, 0.5) is 0 Å². The van der Waals surface area contributed by atoms with Crippen molar-refractivity contribution in [3.8, 4) is 5.75 Å². The third-order valence-electron chi connectivity index (χ3n) is 2.82. The normalized spacial score (nSPS) is 10.6. The van der Waals surface area contributed by atoms with Crippen molar-refractivity contribution < 1.29 is 4.74 Å². The number of ether oxygens (including phenoxy) is 1. The molecular weight excluding hydrogens is 242 g/mol. The summed E-state index contributed by atoms with van der Waals surface area (Å²) in [4.78, 5) is 2.68. The molecule has 0 fully saturated rings. The van der Waals surface area contributed by atoms with Crippen molar-refractivity contribution in [2.75, 3.05) is 6.54 Å². The Labute approximate surface area is 112 Å². The summed E-state index contributed by atoms with van der Waals surface area (Å²) in [5, 5.41) is 0. The highest BCUT2D eigenvalue weighted by Gasteiger charge is 2.04. The Morgan fingerprint density at radius 3 is 2.61 bits per heavy atom. The zero-order valence-electron chi connectivity index (χ0n) is 10.7. The second kappa shape index (κ2) is 6.57. The molecule has 2 nitrogen and oxygen atoms in total. The zero-order chi connectivity index (χ0) is 12.8. The van der Waals surface area contributed by atoms with E-state index in [9.17, 15) is 0 Å². The monoisotopic (exact) mass is 261 g/mol. The van der Waals surface area contributed by atoms with Crippen molar-refractivity contribution in [3.05, 3.63) is 51.7 Å². The Morgan fingerprint density at radius 1 is 1.11 bits per heavy atom. The third kappa shape index (κ3) is 3.34. The first kappa shape index (κ1) is 13.1. The van der Waals surface area contributed by atoms with Gasteiger partial charge in [0.25, 0.3) is 0 Å². The lowest BCUT2D eigenvalue weighted by molar-refractivity contribution is 0.306. The molecule has 1 heterocycles. The predicted octanol–water partition coefficient (Wildman–Crippen LogP) is 3.39. The largest absolute Gasteiger partial charge is 0.488 e. The summed E-state index contributed by atoms with van der Waals surface area (Å²) in [7, 11) is 0. The topological polar surface area (TPSA) is 35.2 Å². The molecule has 3 heteroatoms. The summed E-state index contributed by atoms with van der Waals surface area (Å²) in [5.41, 5.74) is 6.79. The summed E-state index contributed by atoms with van der Waals surface area (Å²) in [5.74, 6) is 0.953. The minimum Gasteiger partial charge on any atom is -0.488 e. The second-order valence-corrected chi connectivity index (χ2v) is 5.41. The lowest BCUT2D eigenvalue weighted by Gasteiger charge is -2.09. The van der Waals surface area contributed by atoms with E-state index in [4.69, 9.17) is 10.5 Å². The van der Waals surface area contributed by atoms with Crippen LogP contribution in [0, 0.1) is 0 Å². The molecule has 0 radical (unpaired) electrons. The summed E-state index contributed by atoms with van der Waals surface area (Å²) in [6, 6.07) is 12.4. The van der Waals surface area contributed by atoms with Crippen LogP contribution in [0.25, 0.3) is 0 Å². The van der Waals surface area contributed by atoms with Crippen LogP contribution in [-0.4, -0.2) is 6.54 Å². The van der Waals surface area contributed by atoms with Crippen molar-refractivity contribution in [1.82, 2.24) is 0 Å². The molecule has 0 unspecified atom stereocenters. The van der Waals surface area contributed by atoms with Crippen molar-refractivity contribution in [3.63, 3.8) is 0 Å². The predicted molar refractivity (Wildman–Crippen MR) is 77.2 cm³/mol. The second-order valence-electron chi connectivity index (χ2n) is 4.16. The van der Waals surface area contributed by atoms with Gasteiger partial charge in [-0.1, -0.05) is 25.1 Å². The molecule has 2 rings (SSSR count). The van der Waals surface area contributed by atoms with Gasteiger partial charge in [0.05, 0.1) is 0 Å². The molecule has 18 heavy (non-hydrogen) atoms. The van der Waals surface area contributed by atoms with Crippen LogP contribution in [0.1, 0.15) is 22.2 Å². The Hall–Kier alpha value is -1.32. The highest BCUT2D eigenvalue weighted by Crippen LogP contribution is 2.22. The van der Waals surface area contributed by atoms with E-state index < -0.39 is 0 Å². The SMILES string of the molecule is CCc1ccc(COc2ccccc2CCN)s1. The van der Waals surface area contributed by atoms with E-state index in [2.05, 4.69) is 25.1 Å². The lowest BCUT2D eigenvalue weighted by atomic mass is 10.1. The van der Waals surface area contributed by atoms with E-state index in [1.165, 1.54) is 15.3 Å². The van der Waals surface area contributed by atoms with Gasteiger partial charge < -0.3 is 10.5 Å². The molecule has 0 aliphatic heterocycles. The number of thiophene rings is 1. The minimum absolute atomic E-state index is 0.645. The van der Waals surface area contributed by atoms with E-state index in [1.54, 1.807) is 0 Å². The Morgan fingerprint density at radius 2 is 1.89 bits per heavy atom. The van der Waals surface area contributed by atoms with E-state index in [1.807, 2.05) is 29.5 Å². The van der Waals surface area contributed by atoms with Gasteiger partial charge in [0.1, 0.15) is 12.4 Å². The molecule has 0 spiro atoms. The molecule has 0 saturated carbocycles. The lowest BCUT2D eigenvalue weighted by Crippen LogP contribution is -2.05. The van der Waals surface area contributed by atoms with Crippen LogP contribution in [0.15, 0.2) is 36.4 Å². The number of para-hydroxylation sites is 1. The van der Waals surface area contributed by atoms with E-state index in [0.717, 1.165) is 18.6 Å². The maximum atomic E-state index is 5.89. The first-order valence-corrected chi connectivity index (χ1v) is 7.13. The minimum atomic E-state index is 0.645. The van der Waals surface area contributed by atoms with Crippen molar-refractivity contribution in [1.29, 1.82) is 0 Å². The van der Waals surface area contributed by atoms with Crippen LogP contribution in [-0.2, 0) is 19.4 Å². The van der Waals surface area contributed by atoms with E-state index in [0.29, 0.717) is 13.2 Å². The van der Waals surface area contributed by atoms with Gasteiger partial charge in [-0.3, -0.25) is 0 Å². The van der Waals surface area contributed by atoms with Gasteiger partial charge in [-0.05, 0) is 43.1 Å². The average Bonchev–Trinajstić information content (AvgIpc) is 2.86. The molecule has 0 amide bonds. The molecule has 0 aliphatic carbocycles. The first-order valence-electron chi connectivity index (χ1n) is 6.32. The summed E-state index contributed by atoms with van der Waals surface area (Å²) < 4.78 is 5.89. The smallest absolute Gasteiger partial charge is 0.123 e. The first-order chi connectivity index (χ1) is 8.83. The number of benzene rings is 1. The fourth-order valence-corrected chi connectivity index (χ4v) is 2.72. The third-order valence-corrected chi connectivity index (χ3v) is 4.03. The number of hydrogen-bond donors (Lipinski definition) is 1. The molecular formula is C15H19NOS. The quantitative estimate of drug-likeness (QED) is 0.865. The van der Waals surface area contributed by atoms with Crippen molar-refractivity contribution >= 4 is 11.3 Å². The van der Waals surface area contributed by atoms with Crippen LogP contribution < -0.4 is 10.5 Å². The number of rotatable bonds is 6. The van der Waals surface area contributed by atoms with Crippen LogP contribution in [0.2, 0.25) is 0 Å². The van der Waals surface area contributed by atoms with Gasteiger partial charge in [-0.2, -0.15) is 0 Å². The fourth-order valence-electron chi connectivity index (χ4n) is 1.85.